The molecule has 33 heavy (non-hydrogen) atoms. The topological polar surface area (TPSA) is 20.2 Å². The van der Waals surface area contributed by atoms with Crippen molar-refractivity contribution in [3.8, 4) is 0 Å². The predicted octanol–water partition coefficient (Wildman–Crippen LogP) is 7.54. The molecule has 2 atom stereocenters. The summed E-state index contributed by atoms with van der Waals surface area (Å²) in [5, 5.41) is 10.2. The maximum Gasteiger partial charge on any atom is 0.460 e. The third-order valence-electron chi connectivity index (χ3n) is 5.25. The van der Waals surface area contributed by atoms with Gasteiger partial charge in [0.15, 0.2) is 0 Å². The van der Waals surface area contributed by atoms with Crippen molar-refractivity contribution in [2.75, 3.05) is 0 Å². The first-order chi connectivity index (χ1) is 14.4. The van der Waals surface area contributed by atoms with Crippen LogP contribution in [-0.4, -0.2) is 40.9 Å². The summed E-state index contributed by atoms with van der Waals surface area (Å²) in [6.45, 7) is 3.80. The van der Waals surface area contributed by atoms with E-state index in [-0.39, 0.29) is 5.92 Å². The average Bonchev–Trinajstić information content (AvgIpc) is 2.65. The van der Waals surface area contributed by atoms with Gasteiger partial charge in [0.2, 0.25) is 0 Å². The zero-order valence-electron chi connectivity index (χ0n) is 17.2. The molecule has 0 aliphatic heterocycles. The van der Waals surface area contributed by atoms with Crippen LogP contribution in [0.1, 0.15) is 50.7 Å². The standard InChI is InChI=1S/C19H19F13O/c1-4-10(2)11-6-5-7-12(8-11)13(3,33)9-14(20,21)15(22,23)16(24,25)17(26,27)18(28,29)19(30,31)32/h5-8,10,33H,4,9H2,1-3H3. The summed E-state index contributed by atoms with van der Waals surface area (Å²) in [4.78, 5) is 0. The van der Waals surface area contributed by atoms with Gasteiger partial charge in [-0.1, -0.05) is 38.1 Å². The molecule has 1 N–H and O–H groups in total. The summed E-state index contributed by atoms with van der Waals surface area (Å²) in [6.07, 6.45) is -9.68. The van der Waals surface area contributed by atoms with Crippen LogP contribution in [0.3, 0.4) is 0 Å². The Labute approximate surface area is 179 Å². The van der Waals surface area contributed by atoms with Gasteiger partial charge < -0.3 is 5.11 Å². The summed E-state index contributed by atoms with van der Waals surface area (Å²) < 4.78 is 172. The van der Waals surface area contributed by atoms with Crippen molar-refractivity contribution in [2.45, 2.75) is 80.9 Å². The maximum absolute atomic E-state index is 14.2. The van der Waals surface area contributed by atoms with E-state index in [1.165, 1.54) is 12.1 Å². The summed E-state index contributed by atoms with van der Waals surface area (Å²) in [6, 6.07) is 4.61. The molecule has 1 nitrogen and oxygen atoms in total. The molecule has 192 valence electrons. The van der Waals surface area contributed by atoms with Gasteiger partial charge in [0.25, 0.3) is 0 Å². The van der Waals surface area contributed by atoms with Crippen LogP contribution in [0, 0.1) is 0 Å². The molecule has 14 heteroatoms. The first kappa shape index (κ1) is 29.3. The Balaban J connectivity index is 3.46. The first-order valence-electron chi connectivity index (χ1n) is 9.19. The molecule has 0 aliphatic carbocycles. The average molecular weight is 510 g/mol. The fraction of sp³-hybridized carbons (Fsp3) is 0.684. The Hall–Kier alpha value is -1.73. The van der Waals surface area contributed by atoms with Crippen molar-refractivity contribution in [1.29, 1.82) is 0 Å². The minimum Gasteiger partial charge on any atom is -0.385 e. The number of halogens is 13. The van der Waals surface area contributed by atoms with Crippen LogP contribution in [0.25, 0.3) is 0 Å². The second-order valence-corrected chi connectivity index (χ2v) is 7.89. The van der Waals surface area contributed by atoms with E-state index in [9.17, 15) is 62.2 Å². The highest BCUT2D eigenvalue weighted by Gasteiger charge is 2.90. The molecule has 0 saturated carbocycles. The van der Waals surface area contributed by atoms with Gasteiger partial charge in [-0.2, -0.15) is 57.1 Å². The lowest BCUT2D eigenvalue weighted by Crippen LogP contribution is -2.70. The molecule has 0 saturated heterocycles. The van der Waals surface area contributed by atoms with Gasteiger partial charge in [-0.15, -0.1) is 0 Å². The van der Waals surface area contributed by atoms with Crippen molar-refractivity contribution in [3.05, 3.63) is 35.4 Å². The molecule has 0 fully saturated rings. The van der Waals surface area contributed by atoms with Gasteiger partial charge in [-0.3, -0.25) is 0 Å². The van der Waals surface area contributed by atoms with Crippen LogP contribution >= 0.6 is 0 Å². The van der Waals surface area contributed by atoms with E-state index < -0.39 is 53.4 Å². The molecule has 1 aromatic rings. The fourth-order valence-corrected chi connectivity index (χ4v) is 2.86. The number of rotatable bonds is 9. The van der Waals surface area contributed by atoms with Gasteiger partial charge in [-0.25, -0.2) is 0 Å². The number of benzene rings is 1. The highest BCUT2D eigenvalue weighted by Crippen LogP contribution is 2.61. The molecule has 0 aliphatic rings. The van der Waals surface area contributed by atoms with E-state index >= 15 is 0 Å². The molecular formula is C19H19F13O. The number of hydrogen-bond acceptors (Lipinski definition) is 1. The Morgan fingerprint density at radius 1 is 0.758 bits per heavy atom. The van der Waals surface area contributed by atoms with Crippen LogP contribution in [0.2, 0.25) is 0 Å². The summed E-state index contributed by atoms with van der Waals surface area (Å²) in [5.74, 6) is -37.7. The zero-order chi connectivity index (χ0) is 26.5. The molecule has 1 rings (SSSR count). The smallest absolute Gasteiger partial charge is 0.385 e. The van der Waals surface area contributed by atoms with E-state index in [1.54, 1.807) is 13.8 Å². The van der Waals surface area contributed by atoms with Crippen LogP contribution in [0.4, 0.5) is 57.1 Å². The minimum absolute atomic E-state index is 0.240. The Kier molecular flexibility index (Phi) is 7.54. The van der Waals surface area contributed by atoms with Crippen molar-refractivity contribution in [1.82, 2.24) is 0 Å². The Morgan fingerprint density at radius 2 is 1.21 bits per heavy atom. The number of alkyl halides is 13. The molecule has 2 unspecified atom stereocenters. The predicted molar refractivity (Wildman–Crippen MR) is 90.1 cm³/mol. The van der Waals surface area contributed by atoms with E-state index in [0.717, 1.165) is 12.1 Å². The van der Waals surface area contributed by atoms with Gasteiger partial charge in [0, 0.05) is 0 Å². The molecular weight excluding hydrogens is 491 g/mol. The first-order valence-corrected chi connectivity index (χ1v) is 9.19. The van der Waals surface area contributed by atoms with Gasteiger partial charge in [0.1, 0.15) is 0 Å². The lowest BCUT2D eigenvalue weighted by molar-refractivity contribution is -0.441. The maximum atomic E-state index is 14.2. The van der Waals surface area contributed by atoms with E-state index in [4.69, 9.17) is 0 Å². The lowest BCUT2D eigenvalue weighted by atomic mass is 9.83. The summed E-state index contributed by atoms with van der Waals surface area (Å²) in [7, 11) is 0. The fourth-order valence-electron chi connectivity index (χ4n) is 2.86. The largest absolute Gasteiger partial charge is 0.460 e. The summed E-state index contributed by atoms with van der Waals surface area (Å²) in [5.41, 5.74) is -3.24. The zero-order valence-corrected chi connectivity index (χ0v) is 17.2. The third-order valence-corrected chi connectivity index (χ3v) is 5.25. The highest BCUT2D eigenvalue weighted by molar-refractivity contribution is 5.30. The van der Waals surface area contributed by atoms with Crippen LogP contribution in [0.15, 0.2) is 24.3 Å². The van der Waals surface area contributed by atoms with Crippen molar-refractivity contribution >= 4 is 0 Å². The number of aliphatic hydroxyl groups is 1. The minimum atomic E-state index is -7.96. The van der Waals surface area contributed by atoms with Crippen molar-refractivity contribution in [2.24, 2.45) is 0 Å². The molecule has 0 heterocycles. The molecule has 1 aromatic carbocycles. The monoisotopic (exact) mass is 510 g/mol. The van der Waals surface area contributed by atoms with Crippen LogP contribution in [0.5, 0.6) is 0 Å². The van der Waals surface area contributed by atoms with Gasteiger partial charge >= 0.3 is 35.8 Å². The molecule has 0 spiro atoms. The van der Waals surface area contributed by atoms with Gasteiger partial charge in [-0.05, 0) is 30.4 Å². The van der Waals surface area contributed by atoms with E-state index in [2.05, 4.69) is 0 Å². The second-order valence-electron chi connectivity index (χ2n) is 7.89. The third kappa shape index (κ3) is 4.76. The molecule has 0 bridgehead atoms. The normalized spacial score (nSPS) is 17.6. The Bertz CT molecular complexity index is 827. The number of hydrogen-bond donors (Lipinski definition) is 1. The molecule has 0 amide bonds. The van der Waals surface area contributed by atoms with Crippen LogP contribution < -0.4 is 0 Å². The lowest BCUT2D eigenvalue weighted by Gasteiger charge is -2.41. The highest BCUT2D eigenvalue weighted by atomic mass is 19.4. The van der Waals surface area contributed by atoms with E-state index in [0.29, 0.717) is 18.9 Å². The quantitative estimate of drug-likeness (QED) is 0.341. The Morgan fingerprint density at radius 3 is 1.64 bits per heavy atom. The van der Waals surface area contributed by atoms with Crippen molar-refractivity contribution in [3.63, 3.8) is 0 Å². The second kappa shape index (κ2) is 8.49. The molecule has 0 radical (unpaired) electrons. The SMILES string of the molecule is CCC(C)c1cccc(C(C)(O)CC(F)(F)C(F)(F)C(F)(F)C(F)(F)C(F)(F)C(F)(F)F)c1. The van der Waals surface area contributed by atoms with E-state index in [1.807, 2.05) is 0 Å². The molecule has 0 aromatic heterocycles. The summed E-state index contributed by atoms with van der Waals surface area (Å²) >= 11 is 0. The van der Waals surface area contributed by atoms with Crippen molar-refractivity contribution < 1.29 is 62.2 Å². The van der Waals surface area contributed by atoms with Crippen LogP contribution in [-0.2, 0) is 5.60 Å². The van der Waals surface area contributed by atoms with Gasteiger partial charge in [0.05, 0.1) is 12.0 Å².